The number of nitrogens with zero attached hydrogens (tertiary/aromatic N) is 5. The number of hydrogen-bond acceptors (Lipinski definition) is 6. The van der Waals surface area contributed by atoms with Gasteiger partial charge in [-0.3, -0.25) is 9.98 Å². The highest BCUT2D eigenvalue weighted by molar-refractivity contribution is 6.29. The fraction of sp³-hybridized carbons (Fsp3) is 0.400. The summed E-state index contributed by atoms with van der Waals surface area (Å²) in [7, 11) is 0. The molecule has 1 aliphatic heterocycles. The number of hydrazone groups is 1. The van der Waals surface area contributed by atoms with Crippen LogP contribution in [-0.4, -0.2) is 39.2 Å². The molecule has 0 amide bonds. The summed E-state index contributed by atoms with van der Waals surface area (Å²) < 4.78 is 21.9. The summed E-state index contributed by atoms with van der Waals surface area (Å²) >= 11 is 0. The first-order chi connectivity index (χ1) is 13.6. The number of rotatable bonds is 4. The number of halogens is 1. The molecule has 2 atom stereocenters. The summed E-state index contributed by atoms with van der Waals surface area (Å²) in [6.45, 7) is 4.92. The van der Waals surface area contributed by atoms with Crippen molar-refractivity contribution < 1.29 is 9.13 Å². The second kappa shape index (κ2) is 7.63. The topological polar surface area (TPSA) is 90.7 Å². The van der Waals surface area contributed by atoms with E-state index in [0.29, 0.717) is 18.9 Å². The molecule has 3 heterocycles. The highest BCUT2D eigenvalue weighted by Gasteiger charge is 2.26. The van der Waals surface area contributed by atoms with Gasteiger partial charge in [0.1, 0.15) is 17.2 Å². The lowest BCUT2D eigenvalue weighted by Crippen LogP contribution is -2.26. The molecule has 28 heavy (non-hydrogen) atoms. The number of pyridine rings is 1. The molecular formula is C20H23FN6O. The van der Waals surface area contributed by atoms with Gasteiger partial charge in [-0.2, -0.15) is 5.10 Å². The molecule has 146 valence electrons. The average Bonchev–Trinajstić information content (AvgIpc) is 3.06. The number of ether oxygens (including phenoxy) is 1. The van der Waals surface area contributed by atoms with Gasteiger partial charge in [-0.15, -0.1) is 0 Å². The zero-order valence-electron chi connectivity index (χ0n) is 16.0. The van der Waals surface area contributed by atoms with Gasteiger partial charge in [0.2, 0.25) is 0 Å². The number of aliphatic imine (C=N–C) groups is 1. The summed E-state index contributed by atoms with van der Waals surface area (Å²) in [5.74, 6) is 5.80. The van der Waals surface area contributed by atoms with Crippen molar-refractivity contribution in [3.05, 3.63) is 36.0 Å². The van der Waals surface area contributed by atoms with Gasteiger partial charge in [-0.25, -0.2) is 9.37 Å². The zero-order valence-corrected chi connectivity index (χ0v) is 16.0. The lowest BCUT2D eigenvalue weighted by Gasteiger charge is -2.30. The third-order valence-corrected chi connectivity index (χ3v) is 5.09. The Hall–Kier alpha value is -2.87. The number of aromatic nitrogens is 3. The van der Waals surface area contributed by atoms with Crippen LogP contribution in [0.15, 0.2) is 34.5 Å². The van der Waals surface area contributed by atoms with Crippen LogP contribution in [0.5, 0.6) is 0 Å². The predicted molar refractivity (Wildman–Crippen MR) is 108 cm³/mol. The Kier molecular flexibility index (Phi) is 5.04. The molecule has 1 fully saturated rings. The van der Waals surface area contributed by atoms with E-state index in [-0.39, 0.29) is 18.0 Å². The number of nitrogens with two attached hydrogens (primary N) is 1. The molecule has 3 aromatic rings. The van der Waals surface area contributed by atoms with Crippen molar-refractivity contribution in [2.24, 2.45) is 15.9 Å². The number of benzene rings is 1. The average molecular weight is 382 g/mol. The third kappa shape index (κ3) is 3.47. The van der Waals surface area contributed by atoms with Crippen molar-refractivity contribution in [2.75, 3.05) is 6.61 Å². The molecule has 0 bridgehead atoms. The van der Waals surface area contributed by atoms with Crippen LogP contribution in [0, 0.1) is 5.82 Å². The van der Waals surface area contributed by atoms with Crippen LogP contribution >= 0.6 is 0 Å². The molecule has 8 heteroatoms. The lowest BCUT2D eigenvalue weighted by molar-refractivity contribution is 0.00627. The normalized spacial score (nSPS) is 21.2. The number of imidazole rings is 1. The van der Waals surface area contributed by atoms with Crippen LogP contribution < -0.4 is 5.84 Å². The van der Waals surface area contributed by atoms with Crippen LogP contribution in [0.25, 0.3) is 21.9 Å². The van der Waals surface area contributed by atoms with E-state index in [1.807, 2.05) is 0 Å². The fourth-order valence-corrected chi connectivity index (χ4v) is 3.80. The van der Waals surface area contributed by atoms with E-state index in [4.69, 9.17) is 15.6 Å². The highest BCUT2D eigenvalue weighted by Crippen LogP contribution is 2.33. The molecule has 0 saturated carbocycles. The SMILES string of the molecule is CC(C=NCc1nc2cnc3ccc(F)cc3c2n1C1CCO[C@H](C)C1)=NN. The van der Waals surface area contributed by atoms with E-state index in [1.165, 1.54) is 12.1 Å². The summed E-state index contributed by atoms with van der Waals surface area (Å²) in [4.78, 5) is 13.6. The van der Waals surface area contributed by atoms with E-state index >= 15 is 0 Å². The first-order valence-corrected chi connectivity index (χ1v) is 9.38. The minimum absolute atomic E-state index is 0.156. The van der Waals surface area contributed by atoms with Crippen LogP contribution in [0.2, 0.25) is 0 Å². The minimum atomic E-state index is -0.288. The quantitative estimate of drug-likeness (QED) is 0.425. The molecule has 0 aliphatic carbocycles. The van der Waals surface area contributed by atoms with Crippen molar-refractivity contribution in [3.8, 4) is 0 Å². The van der Waals surface area contributed by atoms with Crippen LogP contribution in [-0.2, 0) is 11.3 Å². The van der Waals surface area contributed by atoms with Gasteiger partial charge in [0.15, 0.2) is 0 Å². The maximum Gasteiger partial charge on any atom is 0.131 e. The predicted octanol–water partition coefficient (Wildman–Crippen LogP) is 3.37. The smallest absolute Gasteiger partial charge is 0.131 e. The van der Waals surface area contributed by atoms with E-state index in [1.54, 1.807) is 25.4 Å². The summed E-state index contributed by atoms with van der Waals surface area (Å²) in [6, 6.07) is 4.87. The van der Waals surface area contributed by atoms with Crippen LogP contribution in [0.3, 0.4) is 0 Å². The zero-order chi connectivity index (χ0) is 19.7. The molecule has 0 spiro atoms. The van der Waals surface area contributed by atoms with Gasteiger partial charge in [0.05, 0.1) is 35.6 Å². The minimum Gasteiger partial charge on any atom is -0.378 e. The molecule has 2 N–H and O–H groups in total. The highest BCUT2D eigenvalue weighted by atomic mass is 19.1. The maximum absolute atomic E-state index is 14.0. The van der Waals surface area contributed by atoms with Crippen molar-refractivity contribution >= 4 is 33.9 Å². The van der Waals surface area contributed by atoms with Gasteiger partial charge in [0, 0.05) is 24.2 Å². The van der Waals surface area contributed by atoms with E-state index in [9.17, 15) is 4.39 Å². The van der Waals surface area contributed by atoms with Gasteiger partial charge in [-0.05, 0) is 44.9 Å². The van der Waals surface area contributed by atoms with Crippen molar-refractivity contribution in [1.82, 2.24) is 14.5 Å². The Morgan fingerprint density at radius 1 is 1.43 bits per heavy atom. The maximum atomic E-state index is 14.0. The number of fused-ring (bicyclic) bond motifs is 3. The molecule has 0 radical (unpaired) electrons. The molecule has 1 unspecified atom stereocenters. The van der Waals surface area contributed by atoms with Gasteiger partial charge >= 0.3 is 0 Å². The fourth-order valence-electron chi connectivity index (χ4n) is 3.80. The second-order valence-electron chi connectivity index (χ2n) is 7.15. The molecule has 7 nitrogen and oxygen atoms in total. The Labute approximate surface area is 162 Å². The molecule has 1 saturated heterocycles. The van der Waals surface area contributed by atoms with E-state index < -0.39 is 0 Å². The third-order valence-electron chi connectivity index (χ3n) is 5.09. The largest absolute Gasteiger partial charge is 0.378 e. The molecule has 2 aromatic heterocycles. The first kappa shape index (κ1) is 18.5. The lowest BCUT2D eigenvalue weighted by atomic mass is 10.0. The summed E-state index contributed by atoms with van der Waals surface area (Å²) in [6.07, 6.45) is 5.27. The van der Waals surface area contributed by atoms with E-state index in [2.05, 4.69) is 26.6 Å². The molecule has 1 aromatic carbocycles. The Morgan fingerprint density at radius 3 is 3.07 bits per heavy atom. The first-order valence-electron chi connectivity index (χ1n) is 9.38. The van der Waals surface area contributed by atoms with Gasteiger partial charge < -0.3 is 15.1 Å². The standard InChI is InChI=1S/C20H23FN6O/c1-12(26-22)9-23-11-19-25-18-10-24-17-4-3-14(21)8-16(17)20(18)27(19)15-5-6-28-13(2)7-15/h3-4,8-10,13,15H,5-7,11,22H2,1-2H3/t13-,15?/m1/s1. The molecule has 1 aliphatic rings. The van der Waals surface area contributed by atoms with E-state index in [0.717, 1.165) is 40.6 Å². The van der Waals surface area contributed by atoms with Crippen molar-refractivity contribution in [1.29, 1.82) is 0 Å². The van der Waals surface area contributed by atoms with Gasteiger partial charge in [-0.1, -0.05) is 0 Å². The molecule has 4 rings (SSSR count). The van der Waals surface area contributed by atoms with Crippen LogP contribution in [0.1, 0.15) is 38.6 Å². The van der Waals surface area contributed by atoms with Crippen molar-refractivity contribution in [2.45, 2.75) is 45.4 Å². The monoisotopic (exact) mass is 382 g/mol. The van der Waals surface area contributed by atoms with Gasteiger partial charge in [0.25, 0.3) is 0 Å². The van der Waals surface area contributed by atoms with Crippen LogP contribution in [0.4, 0.5) is 4.39 Å². The molecular weight excluding hydrogens is 359 g/mol. The number of hydrogen-bond donors (Lipinski definition) is 1. The summed E-state index contributed by atoms with van der Waals surface area (Å²) in [5, 5.41) is 4.37. The Bertz CT molecular complexity index is 1070. The second-order valence-corrected chi connectivity index (χ2v) is 7.15. The Balaban J connectivity index is 1.89. The van der Waals surface area contributed by atoms with Crippen molar-refractivity contribution in [3.63, 3.8) is 0 Å². The summed E-state index contributed by atoms with van der Waals surface area (Å²) in [5.41, 5.74) is 3.03. The Morgan fingerprint density at radius 2 is 2.29 bits per heavy atom.